The summed E-state index contributed by atoms with van der Waals surface area (Å²) in [6, 6.07) is 0. The van der Waals surface area contributed by atoms with Crippen LogP contribution in [0.25, 0.3) is 0 Å². The van der Waals surface area contributed by atoms with Crippen LogP contribution >= 0.6 is 0 Å². The summed E-state index contributed by atoms with van der Waals surface area (Å²) in [6.45, 7) is 1.18. The number of rotatable bonds is 3. The molecule has 1 aliphatic carbocycles. The number of carboxylic acid groups (broad SMARTS) is 1. The van der Waals surface area contributed by atoms with E-state index < -0.39 is 17.7 Å². The van der Waals surface area contributed by atoms with Gasteiger partial charge in [0.15, 0.2) is 0 Å². The molecular formula is C10H12O5. The molecule has 0 spiro atoms. The molecule has 0 aromatic heterocycles. The molecule has 0 aromatic rings. The number of allylic oxidation sites excluding steroid dienone is 1. The van der Waals surface area contributed by atoms with Gasteiger partial charge >= 0.3 is 11.9 Å². The Balaban J connectivity index is 2.77. The van der Waals surface area contributed by atoms with Gasteiger partial charge in [-0.2, -0.15) is 0 Å². The highest BCUT2D eigenvalue weighted by molar-refractivity contribution is 5.71. The predicted octanol–water partition coefficient (Wildman–Crippen LogP) is 0.599. The Morgan fingerprint density at radius 3 is 2.80 bits per heavy atom. The van der Waals surface area contributed by atoms with E-state index >= 15 is 0 Å². The molecule has 0 saturated heterocycles. The first-order valence-electron chi connectivity index (χ1n) is 4.43. The third-order valence-corrected chi connectivity index (χ3v) is 1.83. The molecule has 1 unspecified atom stereocenters. The van der Waals surface area contributed by atoms with E-state index in [2.05, 4.69) is 4.74 Å². The van der Waals surface area contributed by atoms with Crippen molar-refractivity contribution in [1.82, 2.24) is 0 Å². The van der Waals surface area contributed by atoms with Crippen molar-refractivity contribution in [3.8, 4) is 0 Å². The molecule has 1 rings (SSSR count). The van der Waals surface area contributed by atoms with E-state index in [0.29, 0.717) is 5.57 Å². The Morgan fingerprint density at radius 2 is 2.27 bits per heavy atom. The number of carboxylic acids is 1. The highest BCUT2D eigenvalue weighted by Gasteiger charge is 2.29. The summed E-state index contributed by atoms with van der Waals surface area (Å²) < 4.78 is 4.69. The van der Waals surface area contributed by atoms with E-state index in [0.717, 1.165) is 0 Å². The molecule has 0 fully saturated rings. The molecule has 0 aromatic carbocycles. The number of aliphatic carboxylic acids is 1. The first-order valence-corrected chi connectivity index (χ1v) is 4.43. The van der Waals surface area contributed by atoms with E-state index in [-0.39, 0.29) is 12.8 Å². The number of ether oxygens (including phenoxy) is 1. The molecule has 0 radical (unpaired) electrons. The minimum atomic E-state index is -1.70. The van der Waals surface area contributed by atoms with Crippen molar-refractivity contribution < 1.29 is 24.5 Å². The first-order chi connectivity index (χ1) is 6.91. The third kappa shape index (κ3) is 3.55. The maximum absolute atomic E-state index is 10.7. The molecule has 2 N–H and O–H groups in total. The van der Waals surface area contributed by atoms with Crippen LogP contribution in [0.5, 0.6) is 0 Å². The second-order valence-corrected chi connectivity index (χ2v) is 3.33. The SMILES string of the molecule is CC(=O)OC1(O)C=C(CC(=O)O)C=CC1. The van der Waals surface area contributed by atoms with E-state index in [9.17, 15) is 14.7 Å². The van der Waals surface area contributed by atoms with Crippen molar-refractivity contribution in [3.05, 3.63) is 23.8 Å². The molecule has 82 valence electrons. The van der Waals surface area contributed by atoms with Gasteiger partial charge in [-0.1, -0.05) is 12.2 Å². The normalized spacial score (nSPS) is 24.5. The van der Waals surface area contributed by atoms with Gasteiger partial charge in [-0.3, -0.25) is 9.59 Å². The van der Waals surface area contributed by atoms with Crippen molar-refractivity contribution in [2.45, 2.75) is 25.6 Å². The summed E-state index contributed by atoms with van der Waals surface area (Å²) in [6.07, 6.45) is 4.34. The van der Waals surface area contributed by atoms with Gasteiger partial charge in [0.1, 0.15) is 0 Å². The van der Waals surface area contributed by atoms with Gasteiger partial charge in [0.25, 0.3) is 0 Å². The lowest BCUT2D eigenvalue weighted by molar-refractivity contribution is -0.187. The average Bonchev–Trinajstić information content (AvgIpc) is 1.99. The van der Waals surface area contributed by atoms with Gasteiger partial charge in [0.05, 0.1) is 6.42 Å². The van der Waals surface area contributed by atoms with Crippen LogP contribution in [0.2, 0.25) is 0 Å². The molecule has 0 heterocycles. The number of aliphatic hydroxyl groups is 1. The minimum Gasteiger partial charge on any atom is -0.481 e. The molecule has 0 aliphatic heterocycles. The second-order valence-electron chi connectivity index (χ2n) is 3.33. The number of carbonyl (C=O) groups is 2. The zero-order valence-corrected chi connectivity index (χ0v) is 8.27. The van der Waals surface area contributed by atoms with Crippen LogP contribution in [0.15, 0.2) is 23.8 Å². The zero-order valence-electron chi connectivity index (χ0n) is 8.27. The molecule has 0 saturated carbocycles. The molecular weight excluding hydrogens is 200 g/mol. The van der Waals surface area contributed by atoms with Crippen LogP contribution in [-0.2, 0) is 14.3 Å². The fourth-order valence-electron chi connectivity index (χ4n) is 1.38. The van der Waals surface area contributed by atoms with Crippen LogP contribution in [0.1, 0.15) is 19.8 Å². The van der Waals surface area contributed by atoms with Crippen molar-refractivity contribution in [2.75, 3.05) is 0 Å². The number of hydrogen-bond acceptors (Lipinski definition) is 4. The summed E-state index contributed by atoms with van der Waals surface area (Å²) in [5.74, 6) is -3.32. The molecule has 1 aliphatic rings. The van der Waals surface area contributed by atoms with Crippen molar-refractivity contribution in [1.29, 1.82) is 0 Å². The summed E-state index contributed by atoms with van der Waals surface area (Å²) in [5, 5.41) is 18.3. The van der Waals surface area contributed by atoms with Crippen LogP contribution < -0.4 is 0 Å². The number of hydrogen-bond donors (Lipinski definition) is 2. The van der Waals surface area contributed by atoms with Crippen LogP contribution in [0, 0.1) is 0 Å². The van der Waals surface area contributed by atoms with E-state index in [1.165, 1.54) is 13.0 Å². The number of carbonyl (C=O) groups excluding carboxylic acids is 1. The van der Waals surface area contributed by atoms with Gasteiger partial charge in [0.2, 0.25) is 5.79 Å². The van der Waals surface area contributed by atoms with E-state index in [4.69, 9.17) is 5.11 Å². The lowest BCUT2D eigenvalue weighted by Gasteiger charge is -2.25. The topological polar surface area (TPSA) is 83.8 Å². The van der Waals surface area contributed by atoms with Crippen LogP contribution in [0.4, 0.5) is 0 Å². The van der Waals surface area contributed by atoms with Gasteiger partial charge in [0, 0.05) is 13.3 Å². The Hall–Kier alpha value is -1.62. The van der Waals surface area contributed by atoms with Gasteiger partial charge < -0.3 is 14.9 Å². The summed E-state index contributed by atoms with van der Waals surface area (Å²) in [5.41, 5.74) is 0.414. The highest BCUT2D eigenvalue weighted by atomic mass is 16.7. The van der Waals surface area contributed by atoms with Gasteiger partial charge in [-0.05, 0) is 11.6 Å². The quantitative estimate of drug-likeness (QED) is 0.528. The molecule has 1 atom stereocenters. The second kappa shape index (κ2) is 4.27. The Bertz CT molecular complexity index is 342. The average molecular weight is 212 g/mol. The third-order valence-electron chi connectivity index (χ3n) is 1.83. The Kier molecular flexibility index (Phi) is 3.26. The van der Waals surface area contributed by atoms with Crippen LogP contribution in [-0.4, -0.2) is 27.9 Å². The Morgan fingerprint density at radius 1 is 1.60 bits per heavy atom. The monoisotopic (exact) mass is 212 g/mol. The zero-order chi connectivity index (χ0) is 11.5. The van der Waals surface area contributed by atoms with Crippen molar-refractivity contribution in [3.63, 3.8) is 0 Å². The largest absolute Gasteiger partial charge is 0.481 e. The lowest BCUT2D eigenvalue weighted by atomic mass is 9.99. The van der Waals surface area contributed by atoms with E-state index in [1.54, 1.807) is 12.2 Å². The molecule has 5 heteroatoms. The first kappa shape index (κ1) is 11.5. The molecule has 5 nitrogen and oxygen atoms in total. The fourth-order valence-corrected chi connectivity index (χ4v) is 1.38. The minimum absolute atomic E-state index is 0.135. The summed E-state index contributed by atoms with van der Waals surface area (Å²) in [4.78, 5) is 21.1. The Labute approximate surface area is 86.7 Å². The summed E-state index contributed by atoms with van der Waals surface area (Å²) in [7, 11) is 0. The molecule has 0 amide bonds. The highest BCUT2D eigenvalue weighted by Crippen LogP contribution is 2.24. The fraction of sp³-hybridized carbons (Fsp3) is 0.400. The number of esters is 1. The lowest BCUT2D eigenvalue weighted by Crippen LogP contribution is -2.33. The van der Waals surface area contributed by atoms with Gasteiger partial charge in [-0.15, -0.1) is 0 Å². The predicted molar refractivity (Wildman–Crippen MR) is 50.8 cm³/mol. The standard InChI is InChI=1S/C10H12O5/c1-7(11)15-10(14)4-2-3-8(6-10)5-9(12)13/h2-3,6,14H,4-5H2,1H3,(H,12,13). The van der Waals surface area contributed by atoms with Crippen molar-refractivity contribution in [2.24, 2.45) is 0 Å². The smallest absolute Gasteiger partial charge is 0.307 e. The van der Waals surface area contributed by atoms with Crippen molar-refractivity contribution >= 4 is 11.9 Å². The maximum Gasteiger partial charge on any atom is 0.307 e. The van der Waals surface area contributed by atoms with Crippen LogP contribution in [0.3, 0.4) is 0 Å². The van der Waals surface area contributed by atoms with Gasteiger partial charge in [-0.25, -0.2) is 0 Å². The molecule has 0 bridgehead atoms. The molecule has 15 heavy (non-hydrogen) atoms. The van der Waals surface area contributed by atoms with E-state index in [1.807, 2.05) is 0 Å². The summed E-state index contributed by atoms with van der Waals surface area (Å²) >= 11 is 0. The maximum atomic E-state index is 10.7.